The van der Waals surface area contributed by atoms with Gasteiger partial charge in [-0.25, -0.2) is 4.79 Å². The van der Waals surface area contributed by atoms with Gasteiger partial charge in [0.1, 0.15) is 6.61 Å². The minimum absolute atomic E-state index is 0.119. The number of carbonyl (C=O) groups excluding carboxylic acids is 1. The van der Waals surface area contributed by atoms with Crippen LogP contribution in [0.3, 0.4) is 0 Å². The number of hydrogen-bond acceptors (Lipinski definition) is 2. The molecule has 2 aliphatic heterocycles. The first kappa shape index (κ1) is 21.3. The summed E-state index contributed by atoms with van der Waals surface area (Å²) >= 11 is 0. The van der Waals surface area contributed by atoms with Crippen LogP contribution in [0.4, 0.5) is 4.79 Å². The summed E-state index contributed by atoms with van der Waals surface area (Å²) in [4.78, 5) is 15.3. The Morgan fingerprint density at radius 3 is 2.28 bits per heavy atom. The van der Waals surface area contributed by atoms with Crippen molar-refractivity contribution >= 4 is 6.09 Å². The number of rotatable bonds is 4. The van der Waals surface area contributed by atoms with Gasteiger partial charge in [-0.3, -0.25) is 4.90 Å². The van der Waals surface area contributed by atoms with Gasteiger partial charge in [0.2, 0.25) is 0 Å². The van der Waals surface area contributed by atoms with Crippen molar-refractivity contribution in [2.24, 2.45) is 5.41 Å². The van der Waals surface area contributed by atoms with Crippen LogP contribution in [0.2, 0.25) is 0 Å². The maximum atomic E-state index is 13.3. The lowest BCUT2D eigenvalue weighted by Gasteiger charge is -2.44. The molecule has 0 radical (unpaired) electrons. The molecular formula is C29H35NO2. The summed E-state index contributed by atoms with van der Waals surface area (Å²) in [6.07, 6.45) is 8.95. The van der Waals surface area contributed by atoms with Crippen LogP contribution < -0.4 is 0 Å². The molecule has 3 heteroatoms. The topological polar surface area (TPSA) is 29.5 Å². The Labute approximate surface area is 192 Å². The van der Waals surface area contributed by atoms with Crippen LogP contribution in [0.1, 0.15) is 76.3 Å². The van der Waals surface area contributed by atoms with Gasteiger partial charge < -0.3 is 4.74 Å². The van der Waals surface area contributed by atoms with Crippen LogP contribution >= 0.6 is 0 Å². The van der Waals surface area contributed by atoms with Crippen molar-refractivity contribution in [3.63, 3.8) is 0 Å². The molecule has 2 bridgehead atoms. The third kappa shape index (κ3) is 4.10. The molecule has 2 unspecified atom stereocenters. The zero-order valence-corrected chi connectivity index (χ0v) is 19.6. The number of hydrogen-bond donors (Lipinski definition) is 0. The van der Waals surface area contributed by atoms with Crippen LogP contribution in [0.5, 0.6) is 0 Å². The molecule has 0 saturated carbocycles. The van der Waals surface area contributed by atoms with E-state index in [0.29, 0.717) is 18.1 Å². The molecule has 0 spiro atoms. The van der Waals surface area contributed by atoms with E-state index in [1.807, 2.05) is 0 Å². The highest BCUT2D eigenvalue weighted by atomic mass is 16.6. The summed E-state index contributed by atoms with van der Waals surface area (Å²) in [5.74, 6) is 0.119. The van der Waals surface area contributed by atoms with Crippen molar-refractivity contribution < 1.29 is 9.53 Å². The Kier molecular flexibility index (Phi) is 5.61. The van der Waals surface area contributed by atoms with Crippen molar-refractivity contribution in [2.45, 2.75) is 77.3 Å². The fourth-order valence-electron chi connectivity index (χ4n) is 5.79. The minimum atomic E-state index is -0.132. The maximum Gasteiger partial charge on any atom is 0.410 e. The molecule has 1 aliphatic carbocycles. The first-order valence-corrected chi connectivity index (χ1v) is 12.2. The summed E-state index contributed by atoms with van der Waals surface area (Å²) in [7, 11) is 0. The zero-order chi connectivity index (χ0) is 22.3. The van der Waals surface area contributed by atoms with E-state index in [-0.39, 0.29) is 18.1 Å². The Hall–Kier alpha value is -2.55. The van der Waals surface area contributed by atoms with Gasteiger partial charge in [0.25, 0.3) is 0 Å². The molecule has 2 heterocycles. The second-order valence-corrected chi connectivity index (χ2v) is 11.0. The molecule has 32 heavy (non-hydrogen) atoms. The third-order valence-electron chi connectivity index (χ3n) is 7.46. The third-order valence-corrected chi connectivity index (χ3v) is 7.46. The number of nitrogens with zero attached hydrogens (tertiary/aromatic N) is 1. The van der Waals surface area contributed by atoms with Gasteiger partial charge in [0, 0.05) is 12.0 Å². The van der Waals surface area contributed by atoms with Crippen LogP contribution in [0, 0.1) is 5.41 Å². The summed E-state index contributed by atoms with van der Waals surface area (Å²) in [5.41, 5.74) is 6.96. The summed E-state index contributed by atoms with van der Waals surface area (Å²) < 4.78 is 6.02. The molecule has 1 saturated heterocycles. The molecule has 0 aromatic heterocycles. The standard InChI is InChI=1S/C29H35NO2/c1-29(2,3)16-15-20-17-21-9-8-10-22(18-20)30(21)28(31)32-19-27-25-13-6-4-11-23(25)24-12-5-7-14-26(24)27/h4-7,11-14,17,21-22,27H,8-10,15-16,18-19H2,1-3H3. The van der Waals surface area contributed by atoms with Crippen LogP contribution in [0.15, 0.2) is 60.2 Å². The van der Waals surface area contributed by atoms with Gasteiger partial charge in [-0.1, -0.05) is 81.0 Å². The number of benzene rings is 2. The smallest absolute Gasteiger partial charge is 0.410 e. The average Bonchev–Trinajstić information content (AvgIpc) is 3.09. The predicted molar refractivity (Wildman–Crippen MR) is 130 cm³/mol. The van der Waals surface area contributed by atoms with E-state index in [1.165, 1.54) is 40.7 Å². The highest BCUT2D eigenvalue weighted by molar-refractivity contribution is 5.79. The highest BCUT2D eigenvalue weighted by Crippen LogP contribution is 2.45. The summed E-state index contributed by atoms with van der Waals surface area (Å²) in [6, 6.07) is 17.5. The Balaban J connectivity index is 1.29. The second kappa shape index (κ2) is 8.42. The first-order valence-electron chi connectivity index (χ1n) is 12.2. The van der Waals surface area contributed by atoms with Crippen molar-refractivity contribution in [1.82, 2.24) is 4.90 Å². The maximum absolute atomic E-state index is 13.3. The van der Waals surface area contributed by atoms with Crippen molar-refractivity contribution in [3.05, 3.63) is 71.3 Å². The minimum Gasteiger partial charge on any atom is -0.448 e. The van der Waals surface area contributed by atoms with Gasteiger partial charge in [-0.05, 0) is 66.2 Å². The lowest BCUT2D eigenvalue weighted by molar-refractivity contribution is 0.0505. The lowest BCUT2D eigenvalue weighted by Crippen LogP contribution is -2.52. The van der Waals surface area contributed by atoms with Crippen LogP contribution in [0.25, 0.3) is 11.1 Å². The van der Waals surface area contributed by atoms with E-state index in [4.69, 9.17) is 4.74 Å². The lowest BCUT2D eigenvalue weighted by atomic mass is 9.81. The predicted octanol–water partition coefficient (Wildman–Crippen LogP) is 7.32. The van der Waals surface area contributed by atoms with Crippen molar-refractivity contribution in [2.75, 3.05) is 6.61 Å². The largest absolute Gasteiger partial charge is 0.448 e. The molecule has 2 aromatic rings. The van der Waals surface area contributed by atoms with Gasteiger partial charge >= 0.3 is 6.09 Å². The van der Waals surface area contributed by atoms with Crippen molar-refractivity contribution in [3.8, 4) is 11.1 Å². The molecular weight excluding hydrogens is 394 g/mol. The quantitative estimate of drug-likeness (QED) is 0.477. The fraction of sp³-hybridized carbons (Fsp3) is 0.483. The van der Waals surface area contributed by atoms with Gasteiger partial charge in [-0.2, -0.15) is 0 Å². The first-order chi connectivity index (χ1) is 15.4. The molecule has 2 aromatic carbocycles. The average molecular weight is 430 g/mol. The van der Waals surface area contributed by atoms with Gasteiger partial charge in [0.05, 0.1) is 6.04 Å². The monoisotopic (exact) mass is 429 g/mol. The molecule has 2 atom stereocenters. The Morgan fingerprint density at radius 2 is 1.66 bits per heavy atom. The number of fused-ring (bicyclic) bond motifs is 5. The van der Waals surface area contributed by atoms with Gasteiger partial charge in [0.15, 0.2) is 0 Å². The van der Waals surface area contributed by atoms with E-state index >= 15 is 0 Å². The fourth-order valence-corrected chi connectivity index (χ4v) is 5.79. The zero-order valence-electron chi connectivity index (χ0n) is 19.6. The SMILES string of the molecule is CC(C)(C)CCC1=CC2CCCC(C1)N2C(=O)OCC1c2ccccc2-c2ccccc21. The van der Waals surface area contributed by atoms with E-state index in [2.05, 4.69) is 80.3 Å². The molecule has 3 nitrogen and oxygen atoms in total. The van der Waals surface area contributed by atoms with E-state index in [9.17, 15) is 4.79 Å². The molecule has 0 N–H and O–H groups in total. The molecule has 5 rings (SSSR count). The molecule has 3 aliphatic rings. The highest BCUT2D eigenvalue weighted by Gasteiger charge is 2.39. The molecule has 1 fully saturated rings. The second-order valence-electron chi connectivity index (χ2n) is 11.0. The molecule has 1 amide bonds. The van der Waals surface area contributed by atoms with E-state index < -0.39 is 0 Å². The molecule has 168 valence electrons. The summed E-state index contributed by atoms with van der Waals surface area (Å²) in [6.45, 7) is 7.32. The van der Waals surface area contributed by atoms with E-state index in [1.54, 1.807) is 0 Å². The number of carbonyl (C=O) groups is 1. The Morgan fingerprint density at radius 1 is 1.00 bits per heavy atom. The summed E-state index contributed by atoms with van der Waals surface area (Å²) in [5, 5.41) is 0. The number of amides is 1. The van der Waals surface area contributed by atoms with Crippen LogP contribution in [-0.4, -0.2) is 29.7 Å². The normalized spacial score (nSPS) is 22.2. The number of piperidine rings is 1. The Bertz CT molecular complexity index is 986. The van der Waals surface area contributed by atoms with Gasteiger partial charge in [-0.15, -0.1) is 0 Å². The van der Waals surface area contributed by atoms with Crippen LogP contribution in [-0.2, 0) is 4.74 Å². The number of ether oxygens (including phenoxy) is 1. The van der Waals surface area contributed by atoms with Crippen molar-refractivity contribution in [1.29, 1.82) is 0 Å². The van der Waals surface area contributed by atoms with E-state index in [0.717, 1.165) is 25.7 Å².